The van der Waals surface area contributed by atoms with E-state index in [1.54, 1.807) is 0 Å². The van der Waals surface area contributed by atoms with E-state index < -0.39 is 0 Å². The number of benzene rings is 1. The fourth-order valence-corrected chi connectivity index (χ4v) is 1.01. The van der Waals surface area contributed by atoms with Gasteiger partial charge in [0.15, 0.2) is 0 Å². The predicted molar refractivity (Wildman–Crippen MR) is 51.2 cm³/mol. The summed E-state index contributed by atoms with van der Waals surface area (Å²) in [6.07, 6.45) is 1.45. The highest BCUT2D eigenvalue weighted by atomic mass is 16.5. The van der Waals surface area contributed by atoms with Crippen LogP contribution >= 0.6 is 0 Å². The zero-order valence-corrected chi connectivity index (χ0v) is 7.62. The number of carbonyl (C=O) groups excluding carboxylic acids is 1. The second-order valence-electron chi connectivity index (χ2n) is 2.82. The van der Waals surface area contributed by atoms with Crippen molar-refractivity contribution in [2.45, 2.75) is 13.3 Å². The van der Waals surface area contributed by atoms with Crippen molar-refractivity contribution < 1.29 is 9.53 Å². The fraction of sp³-hybridized carbons (Fsp3) is 0.182. The van der Waals surface area contributed by atoms with E-state index in [0.29, 0.717) is 6.42 Å². The summed E-state index contributed by atoms with van der Waals surface area (Å²) < 4.78 is 4.60. The molecule has 0 heterocycles. The van der Waals surface area contributed by atoms with Crippen LogP contribution in [0.3, 0.4) is 0 Å². The van der Waals surface area contributed by atoms with Crippen LogP contribution in [0.5, 0.6) is 0 Å². The topological polar surface area (TPSA) is 26.3 Å². The Labute approximate surface area is 77.8 Å². The van der Waals surface area contributed by atoms with Crippen LogP contribution in [0.2, 0.25) is 0 Å². The highest BCUT2D eigenvalue weighted by Gasteiger charge is 2.01. The van der Waals surface area contributed by atoms with E-state index >= 15 is 0 Å². The minimum atomic E-state index is -0.279. The van der Waals surface area contributed by atoms with Crippen molar-refractivity contribution in [1.82, 2.24) is 0 Å². The zero-order valence-electron chi connectivity index (χ0n) is 7.62. The Hall–Kier alpha value is -1.57. The van der Waals surface area contributed by atoms with Gasteiger partial charge in [-0.05, 0) is 12.5 Å². The molecule has 0 saturated heterocycles. The molecule has 1 aromatic carbocycles. The summed E-state index contributed by atoms with van der Waals surface area (Å²) in [7, 11) is 0. The molecule has 68 valence electrons. The first-order chi connectivity index (χ1) is 6.22. The lowest BCUT2D eigenvalue weighted by Gasteiger charge is -1.99. The standard InChI is InChI=1S/C11H12O2/c1-3-13-11(12)8-10-6-4-9(2)5-7-10/h3-7H,1,8H2,2H3. The van der Waals surface area contributed by atoms with Crippen molar-refractivity contribution in [2.24, 2.45) is 0 Å². The molecule has 0 aliphatic carbocycles. The highest BCUT2D eigenvalue weighted by molar-refractivity contribution is 5.73. The smallest absolute Gasteiger partial charge is 0.315 e. The van der Waals surface area contributed by atoms with Gasteiger partial charge in [0.05, 0.1) is 12.7 Å². The van der Waals surface area contributed by atoms with Gasteiger partial charge >= 0.3 is 5.97 Å². The molecule has 0 aliphatic heterocycles. The molecule has 0 unspecified atom stereocenters. The van der Waals surface area contributed by atoms with E-state index in [1.165, 1.54) is 5.56 Å². The van der Waals surface area contributed by atoms with Gasteiger partial charge in [0.1, 0.15) is 0 Å². The lowest BCUT2D eigenvalue weighted by atomic mass is 10.1. The largest absolute Gasteiger partial charge is 0.435 e. The van der Waals surface area contributed by atoms with Crippen LogP contribution in [0.25, 0.3) is 0 Å². The van der Waals surface area contributed by atoms with Gasteiger partial charge in [-0.25, -0.2) is 0 Å². The van der Waals surface area contributed by atoms with E-state index in [-0.39, 0.29) is 5.97 Å². The summed E-state index contributed by atoms with van der Waals surface area (Å²) in [5, 5.41) is 0. The molecule has 0 saturated carbocycles. The van der Waals surface area contributed by atoms with Gasteiger partial charge in [-0.15, -0.1) is 0 Å². The molecule has 0 atom stereocenters. The Morgan fingerprint density at radius 1 is 1.46 bits per heavy atom. The normalized spacial score (nSPS) is 9.31. The second-order valence-corrected chi connectivity index (χ2v) is 2.82. The molecule has 1 rings (SSSR count). The summed E-state index contributed by atoms with van der Waals surface area (Å²) in [5.74, 6) is -0.279. The maximum atomic E-state index is 11.0. The third kappa shape index (κ3) is 3.11. The maximum Gasteiger partial charge on any atom is 0.315 e. The molecule has 13 heavy (non-hydrogen) atoms. The Kier molecular flexibility index (Phi) is 3.26. The van der Waals surface area contributed by atoms with Gasteiger partial charge in [-0.2, -0.15) is 0 Å². The minimum Gasteiger partial charge on any atom is -0.435 e. The van der Waals surface area contributed by atoms with Gasteiger partial charge in [0.2, 0.25) is 0 Å². The van der Waals surface area contributed by atoms with Gasteiger partial charge in [0, 0.05) is 0 Å². The van der Waals surface area contributed by atoms with Crippen molar-refractivity contribution >= 4 is 5.97 Å². The van der Waals surface area contributed by atoms with Crippen LogP contribution in [0.1, 0.15) is 11.1 Å². The minimum absolute atomic E-state index is 0.279. The van der Waals surface area contributed by atoms with E-state index in [9.17, 15) is 4.79 Å². The van der Waals surface area contributed by atoms with E-state index in [4.69, 9.17) is 0 Å². The summed E-state index contributed by atoms with van der Waals surface area (Å²) in [6.45, 7) is 5.32. The summed E-state index contributed by atoms with van der Waals surface area (Å²) in [4.78, 5) is 11.0. The molecule has 2 nitrogen and oxygen atoms in total. The first kappa shape index (κ1) is 9.52. The summed E-state index contributed by atoms with van der Waals surface area (Å²) in [6, 6.07) is 7.77. The molecule has 0 amide bonds. The second kappa shape index (κ2) is 4.45. The van der Waals surface area contributed by atoms with Gasteiger partial charge in [-0.1, -0.05) is 36.4 Å². The number of aryl methyl sites for hydroxylation is 1. The highest BCUT2D eigenvalue weighted by Crippen LogP contribution is 2.04. The third-order valence-corrected chi connectivity index (χ3v) is 1.68. The molecule has 0 bridgehead atoms. The van der Waals surface area contributed by atoms with Crippen LogP contribution < -0.4 is 0 Å². The number of hydrogen-bond donors (Lipinski definition) is 0. The van der Waals surface area contributed by atoms with Crippen LogP contribution in [-0.4, -0.2) is 5.97 Å². The zero-order chi connectivity index (χ0) is 9.68. The van der Waals surface area contributed by atoms with Gasteiger partial charge in [-0.3, -0.25) is 4.79 Å². The average molecular weight is 176 g/mol. The summed E-state index contributed by atoms with van der Waals surface area (Å²) in [5.41, 5.74) is 2.14. The molecule has 0 radical (unpaired) electrons. The van der Waals surface area contributed by atoms with E-state index in [1.807, 2.05) is 31.2 Å². The first-order valence-electron chi connectivity index (χ1n) is 4.08. The number of carbonyl (C=O) groups is 1. The van der Waals surface area contributed by atoms with Crippen LogP contribution in [0.4, 0.5) is 0 Å². The number of hydrogen-bond acceptors (Lipinski definition) is 2. The van der Waals surface area contributed by atoms with Crippen molar-refractivity contribution in [2.75, 3.05) is 0 Å². The van der Waals surface area contributed by atoms with Crippen LogP contribution in [0, 0.1) is 6.92 Å². The van der Waals surface area contributed by atoms with E-state index in [2.05, 4.69) is 11.3 Å². The van der Waals surface area contributed by atoms with Crippen LogP contribution in [0.15, 0.2) is 37.1 Å². The molecule has 0 fully saturated rings. The molecule has 0 spiro atoms. The Balaban J connectivity index is 2.59. The molecule has 2 heteroatoms. The van der Waals surface area contributed by atoms with Crippen molar-refractivity contribution in [3.63, 3.8) is 0 Å². The molecule has 1 aromatic rings. The lowest BCUT2D eigenvalue weighted by Crippen LogP contribution is -2.03. The van der Waals surface area contributed by atoms with Crippen LogP contribution in [-0.2, 0) is 16.0 Å². The molecular formula is C11H12O2. The first-order valence-corrected chi connectivity index (χ1v) is 4.08. The summed E-state index contributed by atoms with van der Waals surface area (Å²) >= 11 is 0. The van der Waals surface area contributed by atoms with Crippen molar-refractivity contribution in [1.29, 1.82) is 0 Å². The molecular weight excluding hydrogens is 164 g/mol. The number of esters is 1. The fourth-order valence-electron chi connectivity index (χ4n) is 1.01. The number of ether oxygens (including phenoxy) is 1. The molecule has 0 N–H and O–H groups in total. The van der Waals surface area contributed by atoms with E-state index in [0.717, 1.165) is 11.8 Å². The Morgan fingerprint density at radius 2 is 2.08 bits per heavy atom. The molecule has 0 aliphatic rings. The van der Waals surface area contributed by atoms with Gasteiger partial charge in [0.25, 0.3) is 0 Å². The average Bonchev–Trinajstić information content (AvgIpc) is 2.09. The molecule has 0 aromatic heterocycles. The quantitative estimate of drug-likeness (QED) is 0.521. The maximum absolute atomic E-state index is 11.0. The Bertz CT molecular complexity index is 298. The lowest BCUT2D eigenvalue weighted by molar-refractivity contribution is -0.137. The SMILES string of the molecule is C=COC(=O)Cc1ccc(C)cc1. The predicted octanol–water partition coefficient (Wildman–Crippen LogP) is 2.22. The van der Waals surface area contributed by atoms with Gasteiger partial charge < -0.3 is 4.74 Å². The van der Waals surface area contributed by atoms with Crippen molar-refractivity contribution in [3.05, 3.63) is 48.2 Å². The monoisotopic (exact) mass is 176 g/mol. The van der Waals surface area contributed by atoms with Crippen molar-refractivity contribution in [3.8, 4) is 0 Å². The number of rotatable bonds is 3. The third-order valence-electron chi connectivity index (χ3n) is 1.68. The Morgan fingerprint density at radius 3 is 2.62 bits per heavy atom.